The summed E-state index contributed by atoms with van der Waals surface area (Å²) in [5.74, 6) is -1.12. The Labute approximate surface area is 127 Å². The molecule has 1 rings (SSSR count). The summed E-state index contributed by atoms with van der Waals surface area (Å²) in [6.07, 6.45) is 0. The van der Waals surface area contributed by atoms with Crippen LogP contribution in [0.15, 0.2) is 30.4 Å². The van der Waals surface area contributed by atoms with Crippen molar-refractivity contribution in [3.8, 4) is 0 Å². The SMILES string of the molecule is C=C(C)COCCNC(=O)Nc1ccc(C(=O)O)c(Cl)c1. The average molecular weight is 313 g/mol. The number of hydrogen-bond acceptors (Lipinski definition) is 3. The van der Waals surface area contributed by atoms with E-state index >= 15 is 0 Å². The van der Waals surface area contributed by atoms with Crippen LogP contribution in [0.3, 0.4) is 0 Å². The first-order chi connectivity index (χ1) is 9.90. The maximum absolute atomic E-state index is 11.6. The largest absolute Gasteiger partial charge is 0.478 e. The molecule has 3 N–H and O–H groups in total. The molecule has 0 bridgehead atoms. The highest BCUT2D eigenvalue weighted by Gasteiger charge is 2.09. The Hall–Kier alpha value is -2.05. The smallest absolute Gasteiger partial charge is 0.337 e. The Balaban J connectivity index is 2.39. The van der Waals surface area contributed by atoms with E-state index in [1.54, 1.807) is 0 Å². The van der Waals surface area contributed by atoms with Crippen molar-refractivity contribution in [1.82, 2.24) is 5.32 Å². The summed E-state index contributed by atoms with van der Waals surface area (Å²) in [5.41, 5.74) is 1.30. The van der Waals surface area contributed by atoms with Crippen LogP contribution in [0.2, 0.25) is 5.02 Å². The molecule has 0 fully saturated rings. The number of amides is 2. The lowest BCUT2D eigenvalue weighted by atomic mass is 10.2. The zero-order valence-corrected chi connectivity index (χ0v) is 12.4. The van der Waals surface area contributed by atoms with E-state index in [0.717, 1.165) is 5.57 Å². The van der Waals surface area contributed by atoms with Crippen molar-refractivity contribution in [3.05, 3.63) is 40.9 Å². The van der Waals surface area contributed by atoms with Crippen molar-refractivity contribution >= 4 is 29.3 Å². The predicted molar refractivity (Wildman–Crippen MR) is 81.1 cm³/mol. The van der Waals surface area contributed by atoms with E-state index in [0.29, 0.717) is 25.4 Å². The first-order valence-corrected chi connectivity index (χ1v) is 6.57. The second-order valence-electron chi connectivity index (χ2n) is 4.39. The second-order valence-corrected chi connectivity index (χ2v) is 4.80. The molecule has 0 unspecified atom stereocenters. The Morgan fingerprint density at radius 2 is 2.14 bits per heavy atom. The highest BCUT2D eigenvalue weighted by atomic mass is 35.5. The molecule has 0 radical (unpaired) electrons. The average Bonchev–Trinajstić information content (AvgIpc) is 2.37. The number of carboxylic acid groups (broad SMARTS) is 1. The number of anilines is 1. The molecule has 1 aromatic rings. The van der Waals surface area contributed by atoms with E-state index in [2.05, 4.69) is 17.2 Å². The molecule has 0 heterocycles. The van der Waals surface area contributed by atoms with Gasteiger partial charge in [-0.1, -0.05) is 23.8 Å². The normalized spacial score (nSPS) is 10.0. The molecule has 0 atom stereocenters. The van der Waals surface area contributed by atoms with Crippen LogP contribution >= 0.6 is 11.6 Å². The van der Waals surface area contributed by atoms with Gasteiger partial charge in [-0.15, -0.1) is 0 Å². The number of urea groups is 1. The quantitative estimate of drug-likeness (QED) is 0.533. The molecule has 6 nitrogen and oxygen atoms in total. The van der Waals surface area contributed by atoms with Crippen LogP contribution in [0.1, 0.15) is 17.3 Å². The van der Waals surface area contributed by atoms with Gasteiger partial charge in [0.2, 0.25) is 0 Å². The highest BCUT2D eigenvalue weighted by molar-refractivity contribution is 6.33. The first kappa shape index (κ1) is 17.0. The van der Waals surface area contributed by atoms with Gasteiger partial charge in [-0.25, -0.2) is 9.59 Å². The summed E-state index contributed by atoms with van der Waals surface area (Å²) in [7, 11) is 0. The minimum Gasteiger partial charge on any atom is -0.478 e. The molecular formula is C14H17ClN2O4. The number of ether oxygens (including phenoxy) is 1. The van der Waals surface area contributed by atoms with Gasteiger partial charge < -0.3 is 20.5 Å². The summed E-state index contributed by atoms with van der Waals surface area (Å²) >= 11 is 5.80. The number of nitrogens with one attached hydrogen (secondary N) is 2. The van der Waals surface area contributed by atoms with Gasteiger partial charge in [0.1, 0.15) is 0 Å². The molecule has 1 aromatic carbocycles. The molecule has 0 saturated carbocycles. The molecule has 0 aliphatic rings. The van der Waals surface area contributed by atoms with E-state index in [1.165, 1.54) is 18.2 Å². The summed E-state index contributed by atoms with van der Waals surface area (Å²) in [6, 6.07) is 3.75. The van der Waals surface area contributed by atoms with Crippen molar-refractivity contribution in [1.29, 1.82) is 0 Å². The topological polar surface area (TPSA) is 87.7 Å². The summed E-state index contributed by atoms with van der Waals surface area (Å²) < 4.78 is 5.23. The van der Waals surface area contributed by atoms with Gasteiger partial charge in [0.25, 0.3) is 0 Å². The van der Waals surface area contributed by atoms with Gasteiger partial charge >= 0.3 is 12.0 Å². The van der Waals surface area contributed by atoms with Gasteiger partial charge in [-0.3, -0.25) is 0 Å². The van der Waals surface area contributed by atoms with Crippen LogP contribution in [-0.2, 0) is 4.74 Å². The van der Waals surface area contributed by atoms with Crippen molar-refractivity contribution < 1.29 is 19.4 Å². The molecule has 0 spiro atoms. The molecule has 0 aromatic heterocycles. The summed E-state index contributed by atoms with van der Waals surface area (Å²) in [4.78, 5) is 22.4. The minimum absolute atomic E-state index is 0.0178. The summed E-state index contributed by atoms with van der Waals surface area (Å²) in [6.45, 7) is 6.72. The van der Waals surface area contributed by atoms with E-state index in [4.69, 9.17) is 21.4 Å². The maximum Gasteiger partial charge on any atom is 0.337 e. The van der Waals surface area contributed by atoms with Gasteiger partial charge in [0.05, 0.1) is 23.8 Å². The fraction of sp³-hybridized carbons (Fsp3) is 0.286. The van der Waals surface area contributed by atoms with Crippen LogP contribution in [0.5, 0.6) is 0 Å². The molecule has 0 aliphatic carbocycles. The zero-order chi connectivity index (χ0) is 15.8. The van der Waals surface area contributed by atoms with E-state index < -0.39 is 12.0 Å². The van der Waals surface area contributed by atoms with E-state index in [9.17, 15) is 9.59 Å². The monoisotopic (exact) mass is 312 g/mol. The van der Waals surface area contributed by atoms with Gasteiger partial charge in [-0.05, 0) is 25.1 Å². The molecule has 7 heteroatoms. The molecule has 114 valence electrons. The van der Waals surface area contributed by atoms with Crippen LogP contribution in [0.25, 0.3) is 0 Å². The third-order valence-electron chi connectivity index (χ3n) is 2.34. The Kier molecular flexibility index (Phi) is 6.71. The lowest BCUT2D eigenvalue weighted by Crippen LogP contribution is -2.31. The number of carbonyl (C=O) groups is 2. The van der Waals surface area contributed by atoms with Crippen LogP contribution < -0.4 is 10.6 Å². The number of benzene rings is 1. The molecular weight excluding hydrogens is 296 g/mol. The number of rotatable bonds is 7. The van der Waals surface area contributed by atoms with Gasteiger partial charge in [-0.2, -0.15) is 0 Å². The van der Waals surface area contributed by atoms with Crippen molar-refractivity contribution in [2.75, 3.05) is 25.1 Å². The van der Waals surface area contributed by atoms with Crippen LogP contribution in [0, 0.1) is 0 Å². The van der Waals surface area contributed by atoms with E-state index in [-0.39, 0.29) is 10.6 Å². The Bertz CT molecular complexity index is 546. The van der Waals surface area contributed by atoms with Gasteiger partial charge in [0, 0.05) is 12.2 Å². The summed E-state index contributed by atoms with van der Waals surface area (Å²) in [5, 5.41) is 14.0. The zero-order valence-electron chi connectivity index (χ0n) is 11.6. The molecule has 0 aliphatic heterocycles. The van der Waals surface area contributed by atoms with Crippen molar-refractivity contribution in [3.63, 3.8) is 0 Å². The lowest BCUT2D eigenvalue weighted by molar-refractivity contribution is 0.0697. The Morgan fingerprint density at radius 3 is 2.71 bits per heavy atom. The highest BCUT2D eigenvalue weighted by Crippen LogP contribution is 2.20. The molecule has 21 heavy (non-hydrogen) atoms. The molecule has 2 amide bonds. The van der Waals surface area contributed by atoms with Crippen molar-refractivity contribution in [2.24, 2.45) is 0 Å². The van der Waals surface area contributed by atoms with Crippen LogP contribution in [-0.4, -0.2) is 36.9 Å². The van der Waals surface area contributed by atoms with Crippen molar-refractivity contribution in [2.45, 2.75) is 6.92 Å². The third kappa shape index (κ3) is 6.29. The molecule has 0 saturated heterocycles. The number of carboxylic acids is 1. The standard InChI is InChI=1S/C14H17ClN2O4/c1-9(2)8-21-6-5-16-14(20)17-10-3-4-11(13(18)19)12(15)7-10/h3-4,7H,1,5-6,8H2,2H3,(H,18,19)(H2,16,17,20). The number of hydrogen-bond donors (Lipinski definition) is 3. The van der Waals surface area contributed by atoms with Crippen LogP contribution in [0.4, 0.5) is 10.5 Å². The van der Waals surface area contributed by atoms with Gasteiger partial charge in [0.15, 0.2) is 0 Å². The first-order valence-electron chi connectivity index (χ1n) is 6.20. The minimum atomic E-state index is -1.12. The number of aromatic carboxylic acids is 1. The predicted octanol–water partition coefficient (Wildman–Crippen LogP) is 2.75. The number of halogens is 1. The third-order valence-corrected chi connectivity index (χ3v) is 2.65. The fourth-order valence-corrected chi connectivity index (χ4v) is 1.69. The second kappa shape index (κ2) is 8.28. The number of carbonyl (C=O) groups excluding carboxylic acids is 1. The Morgan fingerprint density at radius 1 is 1.43 bits per heavy atom. The maximum atomic E-state index is 11.6. The fourth-order valence-electron chi connectivity index (χ4n) is 1.42. The van der Waals surface area contributed by atoms with E-state index in [1.807, 2.05) is 6.92 Å². The lowest BCUT2D eigenvalue weighted by Gasteiger charge is -2.09.